The topological polar surface area (TPSA) is 52.7 Å². The molecule has 2 aromatic rings. The molecule has 0 bridgehead atoms. The number of piperazine rings is 1. The van der Waals surface area contributed by atoms with Crippen molar-refractivity contribution in [3.8, 4) is 0 Å². The summed E-state index contributed by atoms with van der Waals surface area (Å²) in [6.07, 6.45) is 2.11. The standard InChI is InChI=1S/C21H22ClN3O2/c22-17-3-1-2-16(14-17)20(26)23-18-6-8-19(9-7-18)24-10-12-25(13-11-24)21(27)15-4-5-15/h1-3,6-9,14-15H,4-5,10-13H2,(H,23,26). The second-order valence-corrected chi connectivity index (χ2v) is 7.53. The summed E-state index contributed by atoms with van der Waals surface area (Å²) in [6.45, 7) is 3.24. The number of nitrogens with one attached hydrogen (secondary N) is 1. The lowest BCUT2D eigenvalue weighted by molar-refractivity contribution is -0.132. The van der Waals surface area contributed by atoms with E-state index in [9.17, 15) is 9.59 Å². The molecule has 1 saturated heterocycles. The van der Waals surface area contributed by atoms with Crippen LogP contribution in [-0.4, -0.2) is 42.9 Å². The van der Waals surface area contributed by atoms with Gasteiger partial charge in [-0.2, -0.15) is 0 Å². The van der Waals surface area contributed by atoms with E-state index in [1.165, 1.54) is 0 Å². The first-order valence-electron chi connectivity index (χ1n) is 9.31. The fourth-order valence-electron chi connectivity index (χ4n) is 3.36. The van der Waals surface area contributed by atoms with Gasteiger partial charge in [0.1, 0.15) is 0 Å². The number of hydrogen-bond donors (Lipinski definition) is 1. The first-order chi connectivity index (χ1) is 13.1. The number of benzene rings is 2. The second-order valence-electron chi connectivity index (χ2n) is 7.10. The minimum atomic E-state index is -0.183. The van der Waals surface area contributed by atoms with Gasteiger partial charge < -0.3 is 15.1 Å². The molecule has 0 radical (unpaired) electrons. The van der Waals surface area contributed by atoms with Gasteiger partial charge in [-0.3, -0.25) is 9.59 Å². The predicted molar refractivity (Wildman–Crippen MR) is 107 cm³/mol. The van der Waals surface area contributed by atoms with E-state index < -0.39 is 0 Å². The van der Waals surface area contributed by atoms with E-state index in [4.69, 9.17) is 11.6 Å². The Hall–Kier alpha value is -2.53. The largest absolute Gasteiger partial charge is 0.368 e. The molecule has 2 fully saturated rings. The van der Waals surface area contributed by atoms with Crippen molar-refractivity contribution in [2.45, 2.75) is 12.8 Å². The molecule has 0 unspecified atom stereocenters. The van der Waals surface area contributed by atoms with Gasteiger partial charge in [-0.25, -0.2) is 0 Å². The molecule has 1 heterocycles. The maximum atomic E-state index is 12.3. The zero-order valence-corrected chi connectivity index (χ0v) is 15.8. The Morgan fingerprint density at radius 3 is 2.30 bits per heavy atom. The number of amides is 2. The summed E-state index contributed by atoms with van der Waals surface area (Å²) < 4.78 is 0. The summed E-state index contributed by atoms with van der Waals surface area (Å²) in [5, 5.41) is 3.43. The monoisotopic (exact) mass is 383 g/mol. The van der Waals surface area contributed by atoms with Gasteiger partial charge in [0.15, 0.2) is 0 Å². The molecule has 0 spiro atoms. The van der Waals surface area contributed by atoms with E-state index in [0.717, 1.165) is 50.4 Å². The SMILES string of the molecule is O=C(Nc1ccc(N2CCN(C(=O)C3CC3)CC2)cc1)c1cccc(Cl)c1. The van der Waals surface area contributed by atoms with Crippen molar-refractivity contribution in [1.82, 2.24) is 4.90 Å². The zero-order chi connectivity index (χ0) is 18.8. The second kappa shape index (κ2) is 7.61. The highest BCUT2D eigenvalue weighted by Crippen LogP contribution is 2.31. The van der Waals surface area contributed by atoms with Gasteiger partial charge in [-0.05, 0) is 55.3 Å². The van der Waals surface area contributed by atoms with Crippen molar-refractivity contribution >= 4 is 34.8 Å². The first-order valence-corrected chi connectivity index (χ1v) is 9.69. The smallest absolute Gasteiger partial charge is 0.255 e. The summed E-state index contributed by atoms with van der Waals surface area (Å²) in [4.78, 5) is 28.7. The Morgan fingerprint density at radius 2 is 1.67 bits per heavy atom. The van der Waals surface area contributed by atoms with Crippen LogP contribution in [0.1, 0.15) is 23.2 Å². The lowest BCUT2D eigenvalue weighted by Gasteiger charge is -2.36. The fraction of sp³-hybridized carbons (Fsp3) is 0.333. The lowest BCUT2D eigenvalue weighted by atomic mass is 10.2. The van der Waals surface area contributed by atoms with Crippen LogP contribution < -0.4 is 10.2 Å². The van der Waals surface area contributed by atoms with Gasteiger partial charge in [-0.1, -0.05) is 17.7 Å². The Labute approximate surface area is 163 Å². The maximum absolute atomic E-state index is 12.3. The number of carbonyl (C=O) groups is 2. The van der Waals surface area contributed by atoms with Crippen molar-refractivity contribution in [3.63, 3.8) is 0 Å². The van der Waals surface area contributed by atoms with Crippen LogP contribution >= 0.6 is 11.6 Å². The highest BCUT2D eigenvalue weighted by Gasteiger charge is 2.34. The van der Waals surface area contributed by atoms with E-state index in [1.54, 1.807) is 24.3 Å². The van der Waals surface area contributed by atoms with Crippen LogP contribution in [0.2, 0.25) is 5.02 Å². The van der Waals surface area contributed by atoms with Gasteiger partial charge in [0.2, 0.25) is 5.91 Å². The number of anilines is 2. The van der Waals surface area contributed by atoms with E-state index in [1.807, 2.05) is 29.2 Å². The molecule has 1 aliphatic carbocycles. The highest BCUT2D eigenvalue weighted by molar-refractivity contribution is 6.31. The third-order valence-corrected chi connectivity index (χ3v) is 5.33. The summed E-state index contributed by atoms with van der Waals surface area (Å²) in [5.41, 5.74) is 2.38. The molecule has 4 rings (SSSR count). The van der Waals surface area contributed by atoms with Gasteiger partial charge in [0.25, 0.3) is 5.91 Å². The Kier molecular flexibility index (Phi) is 5.03. The Balaban J connectivity index is 1.34. The van der Waals surface area contributed by atoms with Gasteiger partial charge in [0, 0.05) is 54.1 Å². The molecular weight excluding hydrogens is 362 g/mol. The van der Waals surface area contributed by atoms with Crippen LogP contribution in [0.3, 0.4) is 0 Å². The fourth-order valence-corrected chi connectivity index (χ4v) is 3.55. The van der Waals surface area contributed by atoms with Crippen LogP contribution in [0.5, 0.6) is 0 Å². The number of rotatable bonds is 4. The molecule has 2 aliphatic rings. The third kappa shape index (κ3) is 4.25. The normalized spacial score (nSPS) is 16.9. The van der Waals surface area contributed by atoms with Crippen molar-refractivity contribution in [2.75, 3.05) is 36.4 Å². The molecule has 2 amide bonds. The third-order valence-electron chi connectivity index (χ3n) is 5.10. The lowest BCUT2D eigenvalue weighted by Crippen LogP contribution is -2.49. The molecule has 27 heavy (non-hydrogen) atoms. The van der Waals surface area contributed by atoms with E-state index in [2.05, 4.69) is 10.2 Å². The van der Waals surface area contributed by atoms with Crippen LogP contribution in [-0.2, 0) is 4.79 Å². The molecule has 5 nitrogen and oxygen atoms in total. The molecule has 1 aliphatic heterocycles. The van der Waals surface area contributed by atoms with Crippen molar-refractivity contribution in [1.29, 1.82) is 0 Å². The Morgan fingerprint density at radius 1 is 0.963 bits per heavy atom. The summed E-state index contributed by atoms with van der Waals surface area (Å²) in [7, 11) is 0. The average Bonchev–Trinajstić information content (AvgIpc) is 3.53. The summed E-state index contributed by atoms with van der Waals surface area (Å²) in [6, 6.07) is 14.7. The van der Waals surface area contributed by atoms with Gasteiger partial charge in [0.05, 0.1) is 0 Å². The molecule has 2 aromatic carbocycles. The van der Waals surface area contributed by atoms with Gasteiger partial charge >= 0.3 is 0 Å². The van der Waals surface area contributed by atoms with Crippen molar-refractivity contribution in [3.05, 3.63) is 59.1 Å². The summed E-state index contributed by atoms with van der Waals surface area (Å²) >= 11 is 5.94. The van der Waals surface area contributed by atoms with Crippen LogP contribution in [0.25, 0.3) is 0 Å². The molecule has 1 saturated carbocycles. The molecule has 6 heteroatoms. The van der Waals surface area contributed by atoms with Crippen LogP contribution in [0.15, 0.2) is 48.5 Å². The molecule has 0 aromatic heterocycles. The molecule has 0 atom stereocenters. The Bertz CT molecular complexity index is 841. The highest BCUT2D eigenvalue weighted by atomic mass is 35.5. The quantitative estimate of drug-likeness (QED) is 0.876. The first kappa shape index (κ1) is 17.9. The van der Waals surface area contributed by atoms with Crippen molar-refractivity contribution < 1.29 is 9.59 Å². The van der Waals surface area contributed by atoms with E-state index >= 15 is 0 Å². The number of nitrogens with zero attached hydrogens (tertiary/aromatic N) is 2. The number of hydrogen-bond acceptors (Lipinski definition) is 3. The van der Waals surface area contributed by atoms with Crippen LogP contribution in [0.4, 0.5) is 11.4 Å². The number of halogens is 1. The molecule has 1 N–H and O–H groups in total. The maximum Gasteiger partial charge on any atom is 0.255 e. The predicted octanol–water partition coefficient (Wildman–Crippen LogP) is 3.65. The molecular formula is C21H22ClN3O2. The minimum absolute atomic E-state index is 0.183. The minimum Gasteiger partial charge on any atom is -0.368 e. The average molecular weight is 384 g/mol. The number of carbonyl (C=O) groups excluding carboxylic acids is 2. The van der Waals surface area contributed by atoms with Gasteiger partial charge in [-0.15, -0.1) is 0 Å². The van der Waals surface area contributed by atoms with E-state index in [-0.39, 0.29) is 5.91 Å². The zero-order valence-electron chi connectivity index (χ0n) is 15.0. The summed E-state index contributed by atoms with van der Waals surface area (Å²) in [5.74, 6) is 0.435. The van der Waals surface area contributed by atoms with Crippen LogP contribution in [0, 0.1) is 5.92 Å². The van der Waals surface area contributed by atoms with E-state index in [0.29, 0.717) is 22.4 Å². The van der Waals surface area contributed by atoms with Crippen molar-refractivity contribution in [2.24, 2.45) is 5.92 Å². The molecule has 140 valence electrons.